The molecule has 1 aromatic heterocycles. The predicted octanol–water partition coefficient (Wildman–Crippen LogP) is 3.74. The fraction of sp³-hybridized carbons (Fsp3) is 0.318. The van der Waals surface area contributed by atoms with Gasteiger partial charge >= 0.3 is 0 Å². The Morgan fingerprint density at radius 1 is 0.828 bits per heavy atom. The normalized spacial score (nSPS) is 14.6. The largest absolute Gasteiger partial charge is 0.350 e. The summed E-state index contributed by atoms with van der Waals surface area (Å²) in [6.45, 7) is 2.39. The van der Waals surface area contributed by atoms with Gasteiger partial charge in [0.05, 0.1) is 0 Å². The SMILES string of the molecule is ONc1nc(NCc2ccccc2)nc(N2CCC(Cc3ccccc3)CC2)n1. The zero-order valence-electron chi connectivity index (χ0n) is 16.3. The van der Waals surface area contributed by atoms with Crippen LogP contribution in [0.25, 0.3) is 0 Å². The maximum Gasteiger partial charge on any atom is 0.253 e. The molecule has 0 radical (unpaired) electrons. The average molecular weight is 390 g/mol. The fourth-order valence-corrected chi connectivity index (χ4v) is 3.70. The Balaban J connectivity index is 1.39. The second-order valence-corrected chi connectivity index (χ2v) is 7.35. The second kappa shape index (κ2) is 9.34. The van der Waals surface area contributed by atoms with Crippen molar-refractivity contribution in [1.82, 2.24) is 15.0 Å². The molecular weight excluding hydrogens is 364 g/mol. The number of benzene rings is 2. The van der Waals surface area contributed by atoms with Gasteiger partial charge in [-0.3, -0.25) is 5.21 Å². The first-order chi connectivity index (χ1) is 14.3. The zero-order valence-corrected chi connectivity index (χ0v) is 16.3. The summed E-state index contributed by atoms with van der Waals surface area (Å²) in [6, 6.07) is 20.7. The molecule has 1 aliphatic rings. The van der Waals surface area contributed by atoms with E-state index in [1.807, 2.05) is 30.3 Å². The highest BCUT2D eigenvalue weighted by Crippen LogP contribution is 2.25. The molecule has 7 heteroatoms. The number of anilines is 3. The molecule has 0 atom stereocenters. The Bertz CT molecular complexity index is 898. The Morgan fingerprint density at radius 2 is 1.45 bits per heavy atom. The molecule has 1 aliphatic heterocycles. The highest BCUT2D eigenvalue weighted by Gasteiger charge is 2.22. The molecule has 1 fully saturated rings. The van der Waals surface area contributed by atoms with Gasteiger partial charge in [0.15, 0.2) is 0 Å². The van der Waals surface area contributed by atoms with Crippen LogP contribution in [0.5, 0.6) is 0 Å². The van der Waals surface area contributed by atoms with Gasteiger partial charge in [-0.25, -0.2) is 5.48 Å². The van der Waals surface area contributed by atoms with E-state index in [1.54, 1.807) is 0 Å². The minimum Gasteiger partial charge on any atom is -0.350 e. The lowest BCUT2D eigenvalue weighted by molar-refractivity contribution is 0.381. The van der Waals surface area contributed by atoms with Gasteiger partial charge in [0.25, 0.3) is 5.95 Å². The van der Waals surface area contributed by atoms with Crippen LogP contribution in [0.1, 0.15) is 24.0 Å². The molecule has 1 saturated heterocycles. The molecule has 2 heterocycles. The average Bonchev–Trinajstić information content (AvgIpc) is 2.79. The van der Waals surface area contributed by atoms with E-state index in [0.29, 0.717) is 24.4 Å². The van der Waals surface area contributed by atoms with Crippen LogP contribution >= 0.6 is 0 Å². The molecule has 0 amide bonds. The Hall–Kier alpha value is -3.19. The third kappa shape index (κ3) is 5.20. The molecule has 2 aromatic carbocycles. The van der Waals surface area contributed by atoms with Crippen molar-refractivity contribution in [3.05, 3.63) is 71.8 Å². The standard InChI is InChI=1S/C22H26N6O/c29-27-21-24-20(23-16-19-9-5-2-6-10-19)25-22(26-21)28-13-11-18(12-14-28)15-17-7-3-1-4-8-17/h1-10,18,29H,11-16H2,(H2,23,24,25,26,27). The lowest BCUT2D eigenvalue weighted by Crippen LogP contribution is -2.35. The number of nitrogens with zero attached hydrogens (tertiary/aromatic N) is 4. The summed E-state index contributed by atoms with van der Waals surface area (Å²) in [5, 5.41) is 12.5. The molecule has 0 aliphatic carbocycles. The van der Waals surface area contributed by atoms with Crippen LogP contribution in [0.15, 0.2) is 60.7 Å². The third-order valence-electron chi connectivity index (χ3n) is 5.28. The molecule has 0 saturated carbocycles. The summed E-state index contributed by atoms with van der Waals surface area (Å²) in [7, 11) is 0. The van der Waals surface area contributed by atoms with Crippen molar-refractivity contribution in [2.45, 2.75) is 25.8 Å². The molecule has 150 valence electrons. The summed E-state index contributed by atoms with van der Waals surface area (Å²) in [4.78, 5) is 15.3. The molecule has 0 bridgehead atoms. The molecule has 7 nitrogen and oxygen atoms in total. The monoisotopic (exact) mass is 390 g/mol. The molecule has 0 spiro atoms. The van der Waals surface area contributed by atoms with Gasteiger partial charge in [0.2, 0.25) is 11.9 Å². The molecule has 4 rings (SSSR count). The summed E-state index contributed by atoms with van der Waals surface area (Å²) in [5.74, 6) is 1.85. The quantitative estimate of drug-likeness (QED) is 0.530. The number of piperidine rings is 1. The first-order valence-corrected chi connectivity index (χ1v) is 10.0. The smallest absolute Gasteiger partial charge is 0.253 e. The van der Waals surface area contributed by atoms with Crippen molar-refractivity contribution in [3.63, 3.8) is 0 Å². The van der Waals surface area contributed by atoms with Crippen molar-refractivity contribution in [3.8, 4) is 0 Å². The maximum absolute atomic E-state index is 9.33. The number of hydrogen-bond donors (Lipinski definition) is 3. The molecular formula is C22H26N6O. The van der Waals surface area contributed by atoms with E-state index >= 15 is 0 Å². The van der Waals surface area contributed by atoms with Crippen LogP contribution in [0.4, 0.5) is 17.8 Å². The van der Waals surface area contributed by atoms with Crippen molar-refractivity contribution >= 4 is 17.8 Å². The highest BCUT2D eigenvalue weighted by molar-refractivity contribution is 5.43. The Kier molecular flexibility index (Phi) is 6.16. The number of nitrogens with one attached hydrogen (secondary N) is 2. The van der Waals surface area contributed by atoms with Gasteiger partial charge < -0.3 is 10.2 Å². The van der Waals surface area contributed by atoms with Gasteiger partial charge in [-0.2, -0.15) is 15.0 Å². The number of aromatic nitrogens is 3. The third-order valence-corrected chi connectivity index (χ3v) is 5.28. The molecule has 0 unspecified atom stereocenters. The Labute approximate surface area is 170 Å². The van der Waals surface area contributed by atoms with Crippen molar-refractivity contribution < 1.29 is 5.21 Å². The van der Waals surface area contributed by atoms with E-state index in [-0.39, 0.29) is 5.95 Å². The first kappa shape index (κ1) is 19.1. The van der Waals surface area contributed by atoms with E-state index in [0.717, 1.165) is 37.9 Å². The predicted molar refractivity (Wildman–Crippen MR) is 114 cm³/mol. The number of rotatable bonds is 7. The summed E-state index contributed by atoms with van der Waals surface area (Å²) < 4.78 is 0. The lowest BCUT2D eigenvalue weighted by atomic mass is 9.90. The van der Waals surface area contributed by atoms with E-state index in [2.05, 4.69) is 61.0 Å². The van der Waals surface area contributed by atoms with Crippen LogP contribution in [0.2, 0.25) is 0 Å². The highest BCUT2D eigenvalue weighted by atomic mass is 16.5. The van der Waals surface area contributed by atoms with Gasteiger partial charge in [-0.05, 0) is 36.3 Å². The van der Waals surface area contributed by atoms with Crippen LogP contribution in [0, 0.1) is 5.92 Å². The Morgan fingerprint density at radius 3 is 2.10 bits per heavy atom. The second-order valence-electron chi connectivity index (χ2n) is 7.35. The van der Waals surface area contributed by atoms with E-state index in [4.69, 9.17) is 0 Å². The van der Waals surface area contributed by atoms with Crippen LogP contribution in [0.3, 0.4) is 0 Å². The maximum atomic E-state index is 9.33. The number of hydrogen-bond acceptors (Lipinski definition) is 7. The van der Waals surface area contributed by atoms with Crippen molar-refractivity contribution in [2.75, 3.05) is 28.8 Å². The summed E-state index contributed by atoms with van der Waals surface area (Å²) in [5.41, 5.74) is 4.59. The van der Waals surface area contributed by atoms with Gasteiger partial charge in [-0.15, -0.1) is 0 Å². The topological polar surface area (TPSA) is 86.2 Å². The van der Waals surface area contributed by atoms with Crippen LogP contribution < -0.4 is 15.7 Å². The minimum atomic E-state index is 0.150. The van der Waals surface area contributed by atoms with Crippen molar-refractivity contribution in [1.29, 1.82) is 0 Å². The van der Waals surface area contributed by atoms with E-state index in [9.17, 15) is 5.21 Å². The van der Waals surface area contributed by atoms with Gasteiger partial charge in [0, 0.05) is 19.6 Å². The lowest BCUT2D eigenvalue weighted by Gasteiger charge is -2.32. The van der Waals surface area contributed by atoms with Gasteiger partial charge in [0.1, 0.15) is 0 Å². The van der Waals surface area contributed by atoms with E-state index < -0.39 is 0 Å². The van der Waals surface area contributed by atoms with Crippen LogP contribution in [-0.2, 0) is 13.0 Å². The van der Waals surface area contributed by atoms with Crippen LogP contribution in [-0.4, -0.2) is 33.2 Å². The first-order valence-electron chi connectivity index (χ1n) is 10.0. The van der Waals surface area contributed by atoms with Gasteiger partial charge in [-0.1, -0.05) is 60.7 Å². The molecule has 3 N–H and O–H groups in total. The molecule has 29 heavy (non-hydrogen) atoms. The van der Waals surface area contributed by atoms with Crippen molar-refractivity contribution in [2.24, 2.45) is 5.92 Å². The summed E-state index contributed by atoms with van der Waals surface area (Å²) >= 11 is 0. The molecule has 3 aromatic rings. The minimum absolute atomic E-state index is 0.150. The summed E-state index contributed by atoms with van der Waals surface area (Å²) in [6.07, 6.45) is 3.30. The fourth-order valence-electron chi connectivity index (χ4n) is 3.70. The zero-order chi connectivity index (χ0) is 19.9. The van der Waals surface area contributed by atoms with E-state index in [1.165, 1.54) is 5.56 Å².